The van der Waals surface area contributed by atoms with E-state index in [1.807, 2.05) is 0 Å². The van der Waals surface area contributed by atoms with Gasteiger partial charge in [0.25, 0.3) is 0 Å². The lowest BCUT2D eigenvalue weighted by molar-refractivity contribution is 0.241. The van der Waals surface area contributed by atoms with E-state index in [2.05, 4.69) is 67.0 Å². The van der Waals surface area contributed by atoms with E-state index in [1.165, 1.54) is 16.7 Å². The number of aryl methyl sites for hydroxylation is 1. The maximum Gasteiger partial charge on any atom is 0.314 e. The van der Waals surface area contributed by atoms with E-state index in [9.17, 15) is 4.79 Å². The van der Waals surface area contributed by atoms with E-state index in [0.29, 0.717) is 19.0 Å². The van der Waals surface area contributed by atoms with Crippen molar-refractivity contribution in [2.45, 2.75) is 33.1 Å². The molecule has 0 saturated heterocycles. The van der Waals surface area contributed by atoms with Crippen molar-refractivity contribution >= 4 is 6.03 Å². The van der Waals surface area contributed by atoms with Gasteiger partial charge < -0.3 is 10.6 Å². The molecule has 0 radical (unpaired) electrons. The van der Waals surface area contributed by atoms with E-state index < -0.39 is 0 Å². The summed E-state index contributed by atoms with van der Waals surface area (Å²) in [5, 5.41) is 5.81. The number of benzene rings is 1. The summed E-state index contributed by atoms with van der Waals surface area (Å²) in [4.78, 5) is 11.7. The standard InChI is InChI=1S/C19H26N2O/c1-15-3-7-17(8-4-15)11-13-20-19(22)21-14-12-18-9-5-16(2)6-10-18/h3-5,7-10,16H,6,11-14H2,1-2H3,(H2,20,21,22). The first-order valence-electron chi connectivity index (χ1n) is 8.08. The van der Waals surface area contributed by atoms with Gasteiger partial charge in [-0.3, -0.25) is 0 Å². The molecule has 1 aromatic rings. The number of hydrogen-bond acceptors (Lipinski definition) is 1. The highest BCUT2D eigenvalue weighted by molar-refractivity contribution is 5.73. The summed E-state index contributed by atoms with van der Waals surface area (Å²) in [6, 6.07) is 8.33. The molecule has 22 heavy (non-hydrogen) atoms. The van der Waals surface area contributed by atoms with Crippen LogP contribution < -0.4 is 10.6 Å². The lowest BCUT2D eigenvalue weighted by atomic mass is 9.97. The summed E-state index contributed by atoms with van der Waals surface area (Å²) < 4.78 is 0. The number of carbonyl (C=O) groups excluding carboxylic acids is 1. The van der Waals surface area contributed by atoms with Gasteiger partial charge in [0.05, 0.1) is 0 Å². The predicted molar refractivity (Wildman–Crippen MR) is 91.9 cm³/mol. The van der Waals surface area contributed by atoms with Gasteiger partial charge in [-0.05, 0) is 37.7 Å². The maximum absolute atomic E-state index is 11.7. The average molecular weight is 298 g/mol. The van der Waals surface area contributed by atoms with Crippen LogP contribution in [0.4, 0.5) is 4.79 Å². The first-order valence-corrected chi connectivity index (χ1v) is 8.08. The van der Waals surface area contributed by atoms with Gasteiger partial charge in [-0.25, -0.2) is 4.79 Å². The lowest BCUT2D eigenvalue weighted by Crippen LogP contribution is -2.37. The van der Waals surface area contributed by atoms with Crippen LogP contribution in [0.2, 0.25) is 0 Å². The van der Waals surface area contributed by atoms with E-state index >= 15 is 0 Å². The molecular formula is C19H26N2O. The number of carbonyl (C=O) groups is 1. The molecular weight excluding hydrogens is 272 g/mol. The molecule has 3 heteroatoms. The minimum Gasteiger partial charge on any atom is -0.338 e. The Kier molecular flexibility index (Phi) is 6.26. The second kappa shape index (κ2) is 8.42. The molecule has 1 aliphatic carbocycles. The smallest absolute Gasteiger partial charge is 0.314 e. The third kappa shape index (κ3) is 5.76. The number of nitrogens with one attached hydrogen (secondary N) is 2. The average Bonchev–Trinajstić information content (AvgIpc) is 2.51. The maximum atomic E-state index is 11.7. The van der Waals surface area contributed by atoms with E-state index in [0.717, 1.165) is 19.3 Å². The zero-order valence-electron chi connectivity index (χ0n) is 13.6. The molecule has 0 aliphatic heterocycles. The van der Waals surface area contributed by atoms with Gasteiger partial charge in [0.1, 0.15) is 0 Å². The SMILES string of the molecule is Cc1ccc(CCNC(=O)NCCC2=CCC(C)C=C2)cc1. The van der Waals surface area contributed by atoms with Crippen LogP contribution in [0.5, 0.6) is 0 Å². The van der Waals surface area contributed by atoms with Crippen molar-refractivity contribution in [2.24, 2.45) is 5.92 Å². The van der Waals surface area contributed by atoms with Crippen molar-refractivity contribution in [1.29, 1.82) is 0 Å². The fourth-order valence-electron chi connectivity index (χ4n) is 2.42. The second-order valence-electron chi connectivity index (χ2n) is 6.02. The van der Waals surface area contributed by atoms with Crippen molar-refractivity contribution in [3.05, 3.63) is 59.2 Å². The Labute approximate surface area is 133 Å². The first-order chi connectivity index (χ1) is 10.6. The summed E-state index contributed by atoms with van der Waals surface area (Å²) >= 11 is 0. The molecule has 1 unspecified atom stereocenters. The Hall–Kier alpha value is -2.03. The zero-order valence-corrected chi connectivity index (χ0v) is 13.6. The van der Waals surface area contributed by atoms with Gasteiger partial charge in [0.15, 0.2) is 0 Å². The summed E-state index contributed by atoms with van der Waals surface area (Å²) in [5.41, 5.74) is 3.82. The molecule has 0 fully saturated rings. The monoisotopic (exact) mass is 298 g/mol. The Morgan fingerprint density at radius 2 is 1.82 bits per heavy atom. The fraction of sp³-hybridized carbons (Fsp3) is 0.421. The molecule has 2 N–H and O–H groups in total. The van der Waals surface area contributed by atoms with Crippen LogP contribution in [-0.4, -0.2) is 19.1 Å². The number of allylic oxidation sites excluding steroid dienone is 3. The first kappa shape index (κ1) is 16.3. The number of amides is 2. The van der Waals surface area contributed by atoms with Gasteiger partial charge in [-0.1, -0.05) is 60.6 Å². The summed E-state index contributed by atoms with van der Waals surface area (Å²) in [6.45, 7) is 5.63. The molecule has 1 aromatic carbocycles. The fourth-order valence-corrected chi connectivity index (χ4v) is 2.42. The van der Waals surface area contributed by atoms with Crippen LogP contribution >= 0.6 is 0 Å². The van der Waals surface area contributed by atoms with E-state index in [-0.39, 0.29) is 6.03 Å². The minimum atomic E-state index is -0.0825. The molecule has 1 aliphatic rings. The van der Waals surface area contributed by atoms with Crippen molar-refractivity contribution in [3.8, 4) is 0 Å². The molecule has 0 aromatic heterocycles. The van der Waals surface area contributed by atoms with Crippen LogP contribution in [0.15, 0.2) is 48.1 Å². The topological polar surface area (TPSA) is 41.1 Å². The summed E-state index contributed by atoms with van der Waals surface area (Å²) in [6.07, 6.45) is 9.53. The Balaban J connectivity index is 1.58. The van der Waals surface area contributed by atoms with Crippen molar-refractivity contribution in [2.75, 3.05) is 13.1 Å². The van der Waals surface area contributed by atoms with E-state index in [1.54, 1.807) is 0 Å². The van der Waals surface area contributed by atoms with Crippen molar-refractivity contribution < 1.29 is 4.79 Å². The molecule has 3 nitrogen and oxygen atoms in total. The third-order valence-electron chi connectivity index (χ3n) is 3.91. The minimum absolute atomic E-state index is 0.0825. The molecule has 0 heterocycles. The molecule has 0 saturated carbocycles. The highest BCUT2D eigenvalue weighted by Crippen LogP contribution is 2.17. The van der Waals surface area contributed by atoms with Crippen LogP contribution in [0.1, 0.15) is 30.9 Å². The molecule has 0 spiro atoms. The molecule has 0 bridgehead atoms. The van der Waals surface area contributed by atoms with Gasteiger partial charge in [0, 0.05) is 13.1 Å². The van der Waals surface area contributed by atoms with Gasteiger partial charge in [0.2, 0.25) is 0 Å². The van der Waals surface area contributed by atoms with Crippen LogP contribution in [-0.2, 0) is 6.42 Å². The summed E-state index contributed by atoms with van der Waals surface area (Å²) in [7, 11) is 0. The largest absolute Gasteiger partial charge is 0.338 e. The number of urea groups is 1. The molecule has 1 atom stereocenters. The Bertz CT molecular complexity index is 543. The van der Waals surface area contributed by atoms with Crippen molar-refractivity contribution in [1.82, 2.24) is 10.6 Å². The third-order valence-corrected chi connectivity index (χ3v) is 3.91. The normalized spacial score (nSPS) is 17.0. The van der Waals surface area contributed by atoms with E-state index in [4.69, 9.17) is 0 Å². The quantitative estimate of drug-likeness (QED) is 0.825. The molecule has 2 amide bonds. The van der Waals surface area contributed by atoms with Gasteiger partial charge in [-0.2, -0.15) is 0 Å². The Morgan fingerprint density at radius 3 is 2.45 bits per heavy atom. The van der Waals surface area contributed by atoms with Crippen LogP contribution in [0.3, 0.4) is 0 Å². The van der Waals surface area contributed by atoms with Gasteiger partial charge >= 0.3 is 6.03 Å². The molecule has 2 rings (SSSR count). The number of hydrogen-bond donors (Lipinski definition) is 2. The number of rotatable bonds is 6. The predicted octanol–water partition coefficient (Wildman–Crippen LogP) is 3.75. The molecule has 118 valence electrons. The van der Waals surface area contributed by atoms with Crippen molar-refractivity contribution in [3.63, 3.8) is 0 Å². The highest BCUT2D eigenvalue weighted by Gasteiger charge is 2.04. The highest BCUT2D eigenvalue weighted by atomic mass is 16.2. The van der Waals surface area contributed by atoms with Crippen LogP contribution in [0.25, 0.3) is 0 Å². The van der Waals surface area contributed by atoms with Crippen LogP contribution in [0, 0.1) is 12.8 Å². The van der Waals surface area contributed by atoms with Gasteiger partial charge in [-0.15, -0.1) is 0 Å². The lowest BCUT2D eigenvalue weighted by Gasteiger charge is -2.12. The zero-order chi connectivity index (χ0) is 15.8. The summed E-state index contributed by atoms with van der Waals surface area (Å²) in [5.74, 6) is 0.641. The Morgan fingerprint density at radius 1 is 1.14 bits per heavy atom. The second-order valence-corrected chi connectivity index (χ2v) is 6.02.